The van der Waals surface area contributed by atoms with E-state index in [1.807, 2.05) is 53.7 Å². The van der Waals surface area contributed by atoms with Crippen LogP contribution in [-0.2, 0) is 4.79 Å². The highest BCUT2D eigenvalue weighted by atomic mass is 16.1. The van der Waals surface area contributed by atoms with E-state index in [0.29, 0.717) is 6.42 Å². The molecule has 0 aromatic carbocycles. The van der Waals surface area contributed by atoms with Crippen LogP contribution in [0.5, 0.6) is 0 Å². The third kappa shape index (κ3) is 7.59. The van der Waals surface area contributed by atoms with E-state index < -0.39 is 0 Å². The summed E-state index contributed by atoms with van der Waals surface area (Å²) in [6.45, 7) is 11.7. The summed E-state index contributed by atoms with van der Waals surface area (Å²) in [6, 6.07) is 0. The van der Waals surface area contributed by atoms with E-state index in [4.69, 9.17) is 0 Å². The van der Waals surface area contributed by atoms with Gasteiger partial charge in [-0.2, -0.15) is 0 Å². The van der Waals surface area contributed by atoms with Crippen LogP contribution in [0.4, 0.5) is 0 Å². The van der Waals surface area contributed by atoms with Crippen molar-refractivity contribution in [3.63, 3.8) is 0 Å². The van der Waals surface area contributed by atoms with Gasteiger partial charge >= 0.3 is 0 Å². The second-order valence-electron chi connectivity index (χ2n) is 2.82. The number of amides is 1. The fourth-order valence-corrected chi connectivity index (χ4v) is 0.739. The first kappa shape index (κ1) is 15.4. The number of hydrogen-bond donors (Lipinski definition) is 1. The van der Waals surface area contributed by atoms with Gasteiger partial charge in [0.1, 0.15) is 0 Å². The molecule has 0 rings (SSSR count). The number of allylic oxidation sites excluding steroid dienone is 3. The van der Waals surface area contributed by atoms with Crippen molar-refractivity contribution in [2.24, 2.45) is 0 Å². The predicted molar refractivity (Wildman–Crippen MR) is 63.0 cm³/mol. The molecule has 0 aromatic heterocycles. The lowest BCUT2D eigenvalue weighted by molar-refractivity contribution is -0.120. The van der Waals surface area contributed by atoms with E-state index in [0.717, 1.165) is 11.3 Å². The van der Waals surface area contributed by atoms with Crippen molar-refractivity contribution in [1.82, 2.24) is 5.32 Å². The lowest BCUT2D eigenvalue weighted by Crippen LogP contribution is -2.21. The van der Waals surface area contributed by atoms with Gasteiger partial charge in [-0.05, 0) is 26.8 Å². The maximum Gasteiger partial charge on any atom is 0.224 e. The first-order valence-electron chi connectivity index (χ1n) is 5.21. The van der Waals surface area contributed by atoms with Gasteiger partial charge in [0.05, 0.1) is 0 Å². The third-order valence-electron chi connectivity index (χ3n) is 1.47. The molecular weight excluding hydrogens is 174 g/mol. The molecule has 0 aliphatic carbocycles. The number of hydrogen-bond acceptors (Lipinski definition) is 1. The average molecular weight is 197 g/mol. The molecule has 0 saturated carbocycles. The van der Waals surface area contributed by atoms with Crippen molar-refractivity contribution >= 4 is 5.91 Å². The maximum absolute atomic E-state index is 11.0. The van der Waals surface area contributed by atoms with Crippen LogP contribution in [0.15, 0.2) is 23.4 Å². The maximum atomic E-state index is 11.0. The highest BCUT2D eigenvalue weighted by Gasteiger charge is 1.99. The van der Waals surface area contributed by atoms with Gasteiger partial charge in [-0.15, -0.1) is 0 Å². The standard InChI is InChI=1S/C10H17NO.C2H6/c1-5-7-9(8(3)4)11-10(12)6-2;1-2/h5,7H,6H2,1-4H3,(H,11,12);1-2H3/b7-5-;. The van der Waals surface area contributed by atoms with Crippen molar-refractivity contribution in [2.45, 2.75) is 48.0 Å². The van der Waals surface area contributed by atoms with Gasteiger partial charge in [-0.3, -0.25) is 4.79 Å². The zero-order chi connectivity index (χ0) is 11.6. The highest BCUT2D eigenvalue weighted by molar-refractivity contribution is 5.78. The monoisotopic (exact) mass is 197 g/mol. The minimum atomic E-state index is 0.0595. The minimum Gasteiger partial charge on any atom is -0.326 e. The van der Waals surface area contributed by atoms with Gasteiger partial charge in [0, 0.05) is 12.1 Å². The summed E-state index contributed by atoms with van der Waals surface area (Å²) in [5.74, 6) is 0.0595. The zero-order valence-electron chi connectivity index (χ0n) is 10.3. The number of rotatable bonds is 3. The first-order valence-corrected chi connectivity index (χ1v) is 5.21. The molecule has 1 N–H and O–H groups in total. The molecule has 2 heteroatoms. The highest BCUT2D eigenvalue weighted by Crippen LogP contribution is 2.01. The van der Waals surface area contributed by atoms with Crippen molar-refractivity contribution in [3.8, 4) is 0 Å². The van der Waals surface area contributed by atoms with Gasteiger partial charge in [0.15, 0.2) is 0 Å². The Hall–Kier alpha value is -1.05. The normalized spacial score (nSPS) is 9.00. The van der Waals surface area contributed by atoms with Crippen LogP contribution in [0.25, 0.3) is 0 Å². The van der Waals surface area contributed by atoms with Crippen LogP contribution in [0.1, 0.15) is 48.0 Å². The Morgan fingerprint density at radius 2 is 1.79 bits per heavy atom. The van der Waals surface area contributed by atoms with E-state index in [2.05, 4.69) is 5.32 Å². The minimum absolute atomic E-state index is 0.0595. The summed E-state index contributed by atoms with van der Waals surface area (Å²) < 4.78 is 0. The smallest absolute Gasteiger partial charge is 0.224 e. The summed E-state index contributed by atoms with van der Waals surface area (Å²) in [4.78, 5) is 11.0. The van der Waals surface area contributed by atoms with Crippen LogP contribution >= 0.6 is 0 Å². The predicted octanol–water partition coefficient (Wildman–Crippen LogP) is 3.41. The fourth-order valence-electron chi connectivity index (χ4n) is 0.739. The molecule has 14 heavy (non-hydrogen) atoms. The molecular formula is C12H23NO. The first-order chi connectivity index (χ1) is 6.61. The quantitative estimate of drug-likeness (QED) is 0.690. The second kappa shape index (κ2) is 10.0. The van der Waals surface area contributed by atoms with Crippen LogP contribution in [0.2, 0.25) is 0 Å². The Kier molecular flexibility index (Phi) is 11.1. The Bertz CT molecular complexity index is 210. The van der Waals surface area contributed by atoms with Gasteiger partial charge < -0.3 is 5.32 Å². The Morgan fingerprint density at radius 1 is 1.29 bits per heavy atom. The van der Waals surface area contributed by atoms with E-state index >= 15 is 0 Å². The van der Waals surface area contributed by atoms with E-state index in [1.165, 1.54) is 0 Å². The topological polar surface area (TPSA) is 29.1 Å². The largest absolute Gasteiger partial charge is 0.326 e. The third-order valence-corrected chi connectivity index (χ3v) is 1.47. The summed E-state index contributed by atoms with van der Waals surface area (Å²) in [7, 11) is 0. The summed E-state index contributed by atoms with van der Waals surface area (Å²) in [6.07, 6.45) is 4.34. The Labute approximate surface area is 88.1 Å². The van der Waals surface area contributed by atoms with Crippen molar-refractivity contribution in [2.75, 3.05) is 0 Å². The molecule has 0 saturated heterocycles. The van der Waals surface area contributed by atoms with Gasteiger partial charge in [0.2, 0.25) is 5.91 Å². The van der Waals surface area contributed by atoms with E-state index in [1.54, 1.807) is 0 Å². The molecule has 0 aliphatic rings. The lowest BCUT2D eigenvalue weighted by Gasteiger charge is -2.05. The molecule has 0 bridgehead atoms. The second-order valence-corrected chi connectivity index (χ2v) is 2.82. The van der Waals surface area contributed by atoms with E-state index in [-0.39, 0.29) is 5.91 Å². The van der Waals surface area contributed by atoms with Crippen LogP contribution in [0, 0.1) is 0 Å². The SMILES string of the molecule is C/C=C\C(NC(=O)CC)=C(C)C.CC. The van der Waals surface area contributed by atoms with Crippen molar-refractivity contribution in [1.29, 1.82) is 0 Å². The number of carbonyl (C=O) groups is 1. The van der Waals surface area contributed by atoms with E-state index in [9.17, 15) is 4.79 Å². The number of carbonyl (C=O) groups excluding carboxylic acids is 1. The molecule has 0 radical (unpaired) electrons. The molecule has 0 unspecified atom stereocenters. The van der Waals surface area contributed by atoms with Gasteiger partial charge in [-0.1, -0.05) is 32.4 Å². The Morgan fingerprint density at radius 3 is 2.07 bits per heavy atom. The molecule has 0 heterocycles. The molecule has 0 aromatic rings. The number of nitrogens with one attached hydrogen (secondary N) is 1. The van der Waals surface area contributed by atoms with Gasteiger partial charge in [0.25, 0.3) is 0 Å². The zero-order valence-corrected chi connectivity index (χ0v) is 10.3. The molecule has 0 spiro atoms. The molecule has 2 nitrogen and oxygen atoms in total. The van der Waals surface area contributed by atoms with Crippen LogP contribution in [0.3, 0.4) is 0 Å². The Balaban J connectivity index is 0. The van der Waals surface area contributed by atoms with Crippen LogP contribution < -0.4 is 5.32 Å². The average Bonchev–Trinajstić information content (AvgIpc) is 2.19. The molecule has 0 atom stereocenters. The summed E-state index contributed by atoms with van der Waals surface area (Å²) >= 11 is 0. The molecule has 82 valence electrons. The molecule has 0 aliphatic heterocycles. The lowest BCUT2D eigenvalue weighted by atomic mass is 10.2. The summed E-state index contributed by atoms with van der Waals surface area (Å²) in [5, 5.41) is 2.82. The van der Waals surface area contributed by atoms with Crippen LogP contribution in [-0.4, -0.2) is 5.91 Å². The van der Waals surface area contributed by atoms with Gasteiger partial charge in [-0.25, -0.2) is 0 Å². The van der Waals surface area contributed by atoms with Crippen molar-refractivity contribution in [3.05, 3.63) is 23.4 Å². The van der Waals surface area contributed by atoms with Crippen molar-refractivity contribution < 1.29 is 4.79 Å². The molecule has 0 fully saturated rings. The summed E-state index contributed by atoms with van der Waals surface area (Å²) in [5.41, 5.74) is 2.03. The fraction of sp³-hybridized carbons (Fsp3) is 0.583. The molecule has 1 amide bonds.